The van der Waals surface area contributed by atoms with Crippen LogP contribution in [0.25, 0.3) is 22.3 Å². The Kier molecular flexibility index (Phi) is 9.63. The highest BCUT2D eigenvalue weighted by molar-refractivity contribution is 5.91. The Morgan fingerprint density at radius 1 is 0.976 bits per heavy atom. The van der Waals surface area contributed by atoms with E-state index in [1.165, 1.54) is 20.1 Å². The van der Waals surface area contributed by atoms with Crippen molar-refractivity contribution in [1.82, 2.24) is 0 Å². The number of aromatic hydroxyl groups is 1. The second kappa shape index (κ2) is 13.0. The monoisotopic (exact) mass is 582 g/mol. The van der Waals surface area contributed by atoms with Gasteiger partial charge in [0, 0.05) is 17.2 Å². The molecule has 0 amide bonds. The highest BCUT2D eigenvalue weighted by Gasteiger charge is 2.44. The van der Waals surface area contributed by atoms with E-state index in [9.17, 15) is 25.2 Å². The van der Waals surface area contributed by atoms with Crippen molar-refractivity contribution in [3.05, 3.63) is 69.4 Å². The molecule has 1 saturated heterocycles. The van der Waals surface area contributed by atoms with Crippen molar-refractivity contribution >= 4 is 11.0 Å². The number of fused-ring (bicyclic) bond motifs is 1. The first-order chi connectivity index (χ1) is 19.9. The van der Waals surface area contributed by atoms with E-state index in [0.717, 1.165) is 11.1 Å². The van der Waals surface area contributed by atoms with Gasteiger partial charge in [-0.3, -0.25) is 4.79 Å². The molecule has 4 rings (SSSR count). The van der Waals surface area contributed by atoms with Crippen molar-refractivity contribution in [3.63, 3.8) is 0 Å². The van der Waals surface area contributed by atoms with Gasteiger partial charge < -0.3 is 43.8 Å². The molecule has 5 atom stereocenters. The molecule has 1 aliphatic heterocycles. The van der Waals surface area contributed by atoms with Crippen LogP contribution in [0.3, 0.4) is 0 Å². The smallest absolute Gasteiger partial charge is 0.239 e. The molecule has 10 nitrogen and oxygen atoms in total. The van der Waals surface area contributed by atoms with Gasteiger partial charge in [-0.05, 0) is 71.4 Å². The van der Waals surface area contributed by atoms with Gasteiger partial charge in [-0.15, -0.1) is 0 Å². The molecule has 10 heteroatoms. The molecule has 3 aromatic rings. The predicted octanol–water partition coefficient (Wildman–Crippen LogP) is 4.23. The minimum absolute atomic E-state index is 0.00137. The second-order valence-electron chi connectivity index (χ2n) is 10.8. The maximum Gasteiger partial charge on any atom is 0.239 e. The number of methoxy groups -OCH3 is 1. The number of hydrogen-bond acceptors (Lipinski definition) is 10. The summed E-state index contributed by atoms with van der Waals surface area (Å²) in [6.45, 7) is 9.52. The van der Waals surface area contributed by atoms with E-state index >= 15 is 0 Å². The average Bonchev–Trinajstić information content (AvgIpc) is 2.95. The molecule has 1 fully saturated rings. The first-order valence-electron chi connectivity index (χ1n) is 13.7. The maximum absolute atomic E-state index is 14.1. The summed E-state index contributed by atoms with van der Waals surface area (Å²) in [6.07, 6.45) is -2.85. The molecule has 4 N–H and O–H groups in total. The van der Waals surface area contributed by atoms with Crippen LogP contribution in [0.5, 0.6) is 23.0 Å². The minimum Gasteiger partial charge on any atom is -0.507 e. The molecule has 0 radical (unpaired) electrons. The Hall–Kier alpha value is -3.83. The summed E-state index contributed by atoms with van der Waals surface area (Å²) in [5.74, 6) is 0.183. The number of hydrogen-bond donors (Lipinski definition) is 4. The number of phenolic OH excluding ortho intramolecular Hbond substituents is 1. The highest BCUT2D eigenvalue weighted by Crippen LogP contribution is 2.40. The topological polar surface area (TPSA) is 148 Å². The molecule has 2 heterocycles. The van der Waals surface area contributed by atoms with Gasteiger partial charge in [0.2, 0.25) is 17.5 Å². The normalized spacial score (nSPS) is 22.0. The van der Waals surface area contributed by atoms with Gasteiger partial charge in [-0.25, -0.2) is 0 Å². The third-order valence-corrected chi connectivity index (χ3v) is 7.01. The minimum atomic E-state index is -1.68. The number of rotatable bonds is 9. The van der Waals surface area contributed by atoms with Crippen LogP contribution in [0.1, 0.15) is 40.2 Å². The summed E-state index contributed by atoms with van der Waals surface area (Å²) in [4.78, 5) is 14.1. The molecule has 0 aliphatic carbocycles. The van der Waals surface area contributed by atoms with Gasteiger partial charge in [0.05, 0.1) is 13.2 Å². The predicted molar refractivity (Wildman–Crippen MR) is 157 cm³/mol. The van der Waals surface area contributed by atoms with Crippen molar-refractivity contribution in [2.24, 2.45) is 0 Å². The number of aliphatic hydroxyl groups is 3. The number of phenols is 1. The van der Waals surface area contributed by atoms with Gasteiger partial charge in [-0.1, -0.05) is 17.2 Å². The van der Waals surface area contributed by atoms with Crippen molar-refractivity contribution < 1.29 is 43.8 Å². The van der Waals surface area contributed by atoms with E-state index in [0.29, 0.717) is 29.0 Å². The molecular formula is C32H38O10. The van der Waals surface area contributed by atoms with E-state index in [4.69, 9.17) is 23.4 Å². The SMILES string of the molecule is COc1ccc(-c2oc3c(CC=C(C)C)c(OCC=C(C)C)cc(O)c3c(=O)c2O[C@@H]2O[C@@H](C)[C@H](O)[C@@H](O)[C@H]2O)cc1. The number of benzene rings is 2. The summed E-state index contributed by atoms with van der Waals surface area (Å²) in [6, 6.07) is 8.06. The summed E-state index contributed by atoms with van der Waals surface area (Å²) in [5.41, 5.74) is 2.45. The zero-order chi connectivity index (χ0) is 30.7. The van der Waals surface area contributed by atoms with E-state index in [1.54, 1.807) is 24.3 Å². The summed E-state index contributed by atoms with van der Waals surface area (Å²) in [7, 11) is 1.53. The fraction of sp³-hybridized carbons (Fsp3) is 0.406. The van der Waals surface area contributed by atoms with Gasteiger partial charge in [-0.2, -0.15) is 0 Å². The van der Waals surface area contributed by atoms with Crippen LogP contribution in [0.2, 0.25) is 0 Å². The Bertz CT molecular complexity index is 1530. The van der Waals surface area contributed by atoms with Crippen LogP contribution in [0, 0.1) is 0 Å². The Morgan fingerprint density at radius 2 is 1.64 bits per heavy atom. The first-order valence-corrected chi connectivity index (χ1v) is 13.7. The number of ether oxygens (including phenoxy) is 4. The van der Waals surface area contributed by atoms with Gasteiger partial charge >= 0.3 is 0 Å². The Morgan fingerprint density at radius 3 is 2.26 bits per heavy atom. The quantitative estimate of drug-likeness (QED) is 0.270. The standard InChI is InChI=1S/C32H38O10/c1-16(2)7-12-21-23(39-14-13-17(3)4)15-22(33)24-26(35)31(42-32-28(37)27(36)25(34)18(5)40-32)29(41-30(21)24)19-8-10-20(38-6)11-9-19/h7-11,13,15,18,25,27-28,32-34,36-37H,12,14H2,1-6H3/t18-,25-,27+,28+,32-/m0/s1. The molecule has 2 aromatic carbocycles. The van der Waals surface area contributed by atoms with E-state index in [2.05, 4.69) is 0 Å². The van der Waals surface area contributed by atoms with Gasteiger partial charge in [0.25, 0.3) is 0 Å². The molecule has 42 heavy (non-hydrogen) atoms. The van der Waals surface area contributed by atoms with E-state index in [-0.39, 0.29) is 34.8 Å². The second-order valence-corrected chi connectivity index (χ2v) is 10.8. The largest absolute Gasteiger partial charge is 0.507 e. The molecule has 1 aromatic heterocycles. The molecular weight excluding hydrogens is 544 g/mol. The lowest BCUT2D eigenvalue weighted by molar-refractivity contribution is -0.268. The lowest BCUT2D eigenvalue weighted by atomic mass is 10.00. The van der Waals surface area contributed by atoms with Crippen LogP contribution >= 0.6 is 0 Å². The zero-order valence-corrected chi connectivity index (χ0v) is 24.6. The Balaban J connectivity index is 1.98. The van der Waals surface area contributed by atoms with Crippen molar-refractivity contribution in [2.75, 3.05) is 13.7 Å². The summed E-state index contributed by atoms with van der Waals surface area (Å²) >= 11 is 0. The highest BCUT2D eigenvalue weighted by atomic mass is 16.7. The van der Waals surface area contributed by atoms with Crippen LogP contribution in [0.15, 0.2) is 62.8 Å². The third kappa shape index (κ3) is 6.47. The van der Waals surface area contributed by atoms with Gasteiger partial charge in [0.15, 0.2) is 5.76 Å². The van der Waals surface area contributed by atoms with E-state index in [1.807, 2.05) is 39.8 Å². The van der Waals surface area contributed by atoms with Crippen LogP contribution in [0.4, 0.5) is 0 Å². The summed E-state index contributed by atoms with van der Waals surface area (Å²) < 4.78 is 29.2. The van der Waals surface area contributed by atoms with E-state index < -0.39 is 36.1 Å². The lowest BCUT2D eigenvalue weighted by Gasteiger charge is -2.38. The third-order valence-electron chi connectivity index (χ3n) is 7.01. The molecule has 0 bridgehead atoms. The zero-order valence-electron chi connectivity index (χ0n) is 24.6. The molecule has 0 unspecified atom stereocenters. The Labute approximate surface area is 244 Å². The first kappa shape index (κ1) is 31.1. The van der Waals surface area contributed by atoms with Gasteiger partial charge in [0.1, 0.15) is 53.1 Å². The molecule has 0 spiro atoms. The number of aliphatic hydroxyl groups excluding tert-OH is 3. The fourth-order valence-corrected chi connectivity index (χ4v) is 4.55. The summed E-state index contributed by atoms with van der Waals surface area (Å²) in [5, 5.41) is 42.0. The van der Waals surface area contributed by atoms with Crippen molar-refractivity contribution in [2.45, 2.75) is 71.7 Å². The molecule has 1 aliphatic rings. The molecule has 226 valence electrons. The van der Waals surface area contributed by atoms with Crippen LogP contribution < -0.4 is 19.6 Å². The molecule has 0 saturated carbocycles. The average molecular weight is 583 g/mol. The lowest BCUT2D eigenvalue weighted by Crippen LogP contribution is -2.58. The van der Waals surface area contributed by atoms with Crippen molar-refractivity contribution in [3.8, 4) is 34.3 Å². The van der Waals surface area contributed by atoms with Crippen LogP contribution in [-0.4, -0.2) is 64.8 Å². The number of allylic oxidation sites excluding steroid dienone is 3. The fourth-order valence-electron chi connectivity index (χ4n) is 4.55. The maximum atomic E-state index is 14.1. The van der Waals surface area contributed by atoms with Crippen molar-refractivity contribution in [1.29, 1.82) is 0 Å². The van der Waals surface area contributed by atoms with Crippen LogP contribution in [-0.2, 0) is 11.2 Å².